The summed E-state index contributed by atoms with van der Waals surface area (Å²) in [4.78, 5) is 12.2. The van der Waals surface area contributed by atoms with Crippen molar-refractivity contribution in [2.75, 3.05) is 6.54 Å². The zero-order valence-electron chi connectivity index (χ0n) is 13.4. The van der Waals surface area contributed by atoms with Gasteiger partial charge in [0.05, 0.1) is 11.8 Å². The molecule has 0 aliphatic heterocycles. The Morgan fingerprint density at radius 3 is 2.62 bits per heavy atom. The van der Waals surface area contributed by atoms with Crippen molar-refractivity contribution in [3.05, 3.63) is 47.3 Å². The average molecular weight is 339 g/mol. The fourth-order valence-electron chi connectivity index (χ4n) is 2.24. The number of aliphatic hydroxyl groups is 1. The molecule has 2 N–H and O–H groups in total. The van der Waals surface area contributed by atoms with Crippen molar-refractivity contribution >= 4 is 5.91 Å². The standard InChI is InChI=1S/C16H19F2N3O3/c1-3-21-13(8-10(2)20-21)15(23)19-9-14(22)11-4-6-12(7-5-11)24-16(17)18/h4-8,14,16,22H,3,9H2,1-2H3,(H,19,23)/t14-/m1/s1. The predicted molar refractivity (Wildman–Crippen MR) is 83.0 cm³/mol. The van der Waals surface area contributed by atoms with E-state index in [2.05, 4.69) is 15.2 Å². The van der Waals surface area contributed by atoms with Gasteiger partial charge in [-0.25, -0.2) is 0 Å². The summed E-state index contributed by atoms with van der Waals surface area (Å²) in [6.07, 6.45) is -0.964. The van der Waals surface area contributed by atoms with Crippen LogP contribution in [-0.4, -0.2) is 34.0 Å². The SMILES string of the molecule is CCn1nc(C)cc1C(=O)NC[C@@H](O)c1ccc(OC(F)F)cc1. The van der Waals surface area contributed by atoms with Crippen molar-refractivity contribution < 1.29 is 23.4 Å². The van der Waals surface area contributed by atoms with E-state index in [-0.39, 0.29) is 18.2 Å². The minimum atomic E-state index is -2.90. The molecule has 0 saturated heterocycles. The Morgan fingerprint density at radius 2 is 2.04 bits per heavy atom. The number of halogens is 2. The monoisotopic (exact) mass is 339 g/mol. The van der Waals surface area contributed by atoms with Gasteiger partial charge < -0.3 is 15.2 Å². The van der Waals surface area contributed by atoms with Gasteiger partial charge in [-0.05, 0) is 37.6 Å². The van der Waals surface area contributed by atoms with E-state index in [0.717, 1.165) is 5.69 Å². The average Bonchev–Trinajstić information content (AvgIpc) is 2.93. The molecule has 0 spiro atoms. The maximum Gasteiger partial charge on any atom is 0.387 e. The van der Waals surface area contributed by atoms with Gasteiger partial charge in [0.25, 0.3) is 5.91 Å². The van der Waals surface area contributed by atoms with Crippen LogP contribution in [0, 0.1) is 6.92 Å². The lowest BCUT2D eigenvalue weighted by Crippen LogP contribution is -2.30. The summed E-state index contributed by atoms with van der Waals surface area (Å²) in [5.41, 5.74) is 1.64. The van der Waals surface area contributed by atoms with Crippen molar-refractivity contribution in [1.82, 2.24) is 15.1 Å². The molecule has 1 aromatic carbocycles. The first kappa shape index (κ1) is 17.9. The molecule has 1 heterocycles. The van der Waals surface area contributed by atoms with Crippen LogP contribution >= 0.6 is 0 Å². The van der Waals surface area contributed by atoms with Crippen LogP contribution in [0.25, 0.3) is 0 Å². The summed E-state index contributed by atoms with van der Waals surface area (Å²) in [5.74, 6) is -0.332. The Kier molecular flexibility index (Phi) is 5.86. The van der Waals surface area contributed by atoms with Crippen LogP contribution in [0.15, 0.2) is 30.3 Å². The molecule has 24 heavy (non-hydrogen) atoms. The highest BCUT2D eigenvalue weighted by atomic mass is 19.3. The van der Waals surface area contributed by atoms with E-state index in [0.29, 0.717) is 17.8 Å². The maximum absolute atomic E-state index is 12.2. The number of rotatable bonds is 7. The normalized spacial score (nSPS) is 12.2. The number of nitrogens with zero attached hydrogens (tertiary/aromatic N) is 2. The van der Waals surface area contributed by atoms with E-state index in [1.165, 1.54) is 24.3 Å². The Balaban J connectivity index is 1.94. The van der Waals surface area contributed by atoms with Crippen molar-refractivity contribution in [3.63, 3.8) is 0 Å². The number of aliphatic hydroxyl groups excluding tert-OH is 1. The van der Waals surface area contributed by atoms with Crippen LogP contribution in [0.4, 0.5) is 8.78 Å². The molecule has 0 bridgehead atoms. The smallest absolute Gasteiger partial charge is 0.387 e. The van der Waals surface area contributed by atoms with Crippen LogP contribution in [0.3, 0.4) is 0 Å². The summed E-state index contributed by atoms with van der Waals surface area (Å²) in [7, 11) is 0. The fourth-order valence-corrected chi connectivity index (χ4v) is 2.24. The fraction of sp³-hybridized carbons (Fsp3) is 0.375. The second-order valence-electron chi connectivity index (χ2n) is 5.16. The summed E-state index contributed by atoms with van der Waals surface area (Å²) < 4.78 is 30.0. The molecule has 0 fully saturated rings. The topological polar surface area (TPSA) is 76.4 Å². The number of carbonyl (C=O) groups excluding carboxylic acids is 1. The first-order valence-corrected chi connectivity index (χ1v) is 7.46. The molecule has 8 heteroatoms. The number of hydrogen-bond donors (Lipinski definition) is 2. The third-order valence-electron chi connectivity index (χ3n) is 3.38. The van der Waals surface area contributed by atoms with Gasteiger partial charge in [0.15, 0.2) is 0 Å². The molecule has 130 valence electrons. The Morgan fingerprint density at radius 1 is 1.38 bits per heavy atom. The molecule has 0 aliphatic rings. The molecule has 2 rings (SSSR count). The summed E-state index contributed by atoms with van der Waals surface area (Å²) in [5, 5.41) is 16.9. The lowest BCUT2D eigenvalue weighted by atomic mass is 10.1. The second kappa shape index (κ2) is 7.87. The highest BCUT2D eigenvalue weighted by Gasteiger charge is 2.15. The number of nitrogens with one attached hydrogen (secondary N) is 1. The van der Waals surface area contributed by atoms with Crippen LogP contribution < -0.4 is 10.1 Å². The van der Waals surface area contributed by atoms with E-state index in [4.69, 9.17) is 0 Å². The maximum atomic E-state index is 12.2. The van der Waals surface area contributed by atoms with Gasteiger partial charge in [-0.1, -0.05) is 12.1 Å². The van der Waals surface area contributed by atoms with E-state index in [1.54, 1.807) is 17.7 Å². The van der Waals surface area contributed by atoms with Crippen LogP contribution in [0.5, 0.6) is 5.75 Å². The summed E-state index contributed by atoms with van der Waals surface area (Å²) >= 11 is 0. The number of benzene rings is 1. The molecule has 2 aromatic rings. The van der Waals surface area contributed by atoms with Gasteiger partial charge in [-0.15, -0.1) is 0 Å². The third-order valence-corrected chi connectivity index (χ3v) is 3.38. The van der Waals surface area contributed by atoms with E-state index >= 15 is 0 Å². The zero-order valence-corrected chi connectivity index (χ0v) is 13.4. The van der Waals surface area contributed by atoms with Gasteiger partial charge in [-0.3, -0.25) is 9.48 Å². The molecule has 6 nitrogen and oxygen atoms in total. The van der Waals surface area contributed by atoms with E-state index in [1.807, 2.05) is 6.92 Å². The summed E-state index contributed by atoms with van der Waals surface area (Å²) in [6, 6.07) is 7.27. The van der Waals surface area contributed by atoms with Crippen molar-refractivity contribution in [2.45, 2.75) is 33.1 Å². The quantitative estimate of drug-likeness (QED) is 0.811. The Bertz CT molecular complexity index is 686. The molecule has 0 aliphatic carbocycles. The molecular weight excluding hydrogens is 320 g/mol. The minimum absolute atomic E-state index is 0.00677. The number of amides is 1. The molecule has 0 saturated carbocycles. The minimum Gasteiger partial charge on any atom is -0.435 e. The number of carbonyl (C=O) groups is 1. The van der Waals surface area contributed by atoms with Gasteiger partial charge in [0.2, 0.25) is 0 Å². The number of aryl methyl sites for hydroxylation is 2. The van der Waals surface area contributed by atoms with Crippen molar-refractivity contribution in [3.8, 4) is 5.75 Å². The first-order chi connectivity index (χ1) is 11.4. The van der Waals surface area contributed by atoms with Crippen LogP contribution in [0.1, 0.15) is 34.8 Å². The number of hydrogen-bond acceptors (Lipinski definition) is 4. The van der Waals surface area contributed by atoms with Crippen LogP contribution in [-0.2, 0) is 6.54 Å². The molecular formula is C16H19F2N3O3. The van der Waals surface area contributed by atoms with Gasteiger partial charge in [-0.2, -0.15) is 13.9 Å². The van der Waals surface area contributed by atoms with E-state index in [9.17, 15) is 18.7 Å². The number of ether oxygens (including phenoxy) is 1. The largest absolute Gasteiger partial charge is 0.435 e. The van der Waals surface area contributed by atoms with Crippen molar-refractivity contribution in [1.29, 1.82) is 0 Å². The predicted octanol–water partition coefficient (Wildman–Crippen LogP) is 2.28. The first-order valence-electron chi connectivity index (χ1n) is 7.46. The van der Waals surface area contributed by atoms with Crippen LogP contribution in [0.2, 0.25) is 0 Å². The highest BCUT2D eigenvalue weighted by Crippen LogP contribution is 2.19. The lowest BCUT2D eigenvalue weighted by Gasteiger charge is -2.13. The molecule has 0 unspecified atom stereocenters. The highest BCUT2D eigenvalue weighted by molar-refractivity contribution is 5.92. The van der Waals surface area contributed by atoms with Gasteiger partial charge in [0.1, 0.15) is 11.4 Å². The van der Waals surface area contributed by atoms with Gasteiger partial charge in [0, 0.05) is 13.1 Å². The number of alkyl halides is 2. The molecule has 1 aromatic heterocycles. The molecule has 1 amide bonds. The lowest BCUT2D eigenvalue weighted by molar-refractivity contribution is -0.0498. The molecule has 0 radical (unpaired) electrons. The Hall–Kier alpha value is -2.48. The van der Waals surface area contributed by atoms with E-state index < -0.39 is 12.7 Å². The summed E-state index contributed by atoms with van der Waals surface area (Å²) in [6.45, 7) is 1.32. The number of aromatic nitrogens is 2. The molecule has 1 atom stereocenters. The zero-order chi connectivity index (χ0) is 17.7. The Labute approximate surface area is 138 Å². The van der Waals surface area contributed by atoms with Crippen molar-refractivity contribution in [2.24, 2.45) is 0 Å². The van der Waals surface area contributed by atoms with Gasteiger partial charge >= 0.3 is 6.61 Å². The second-order valence-corrected chi connectivity index (χ2v) is 5.16. The third kappa shape index (κ3) is 4.51.